The largest absolute Gasteiger partial charge is 0.361 e. The molecule has 3 aromatic rings. The Morgan fingerprint density at radius 2 is 1.84 bits per heavy atom. The first kappa shape index (κ1) is 17.0. The highest BCUT2D eigenvalue weighted by atomic mass is 35.5. The number of hydrazone groups is 1. The van der Waals surface area contributed by atoms with Gasteiger partial charge in [-0.2, -0.15) is 5.10 Å². The summed E-state index contributed by atoms with van der Waals surface area (Å²) in [5.41, 5.74) is 4.15. The van der Waals surface area contributed by atoms with E-state index in [1.807, 2.05) is 24.3 Å². The van der Waals surface area contributed by atoms with Gasteiger partial charge in [0.25, 0.3) is 0 Å². The van der Waals surface area contributed by atoms with Gasteiger partial charge < -0.3 is 10.3 Å². The Bertz CT molecular complexity index is 982. The lowest BCUT2D eigenvalue weighted by Gasteiger charge is -2.06. The number of carbonyl (C=O) groups is 2. The molecule has 0 saturated heterocycles. The molecule has 0 aliphatic heterocycles. The minimum Gasteiger partial charge on any atom is -0.361 e. The summed E-state index contributed by atoms with van der Waals surface area (Å²) in [6.45, 7) is 0. The fourth-order valence-corrected chi connectivity index (χ4v) is 2.54. The first-order valence-electron chi connectivity index (χ1n) is 7.21. The van der Waals surface area contributed by atoms with Gasteiger partial charge in [0.05, 0.1) is 21.9 Å². The van der Waals surface area contributed by atoms with Crippen molar-refractivity contribution in [2.24, 2.45) is 5.10 Å². The zero-order valence-electron chi connectivity index (χ0n) is 12.7. The van der Waals surface area contributed by atoms with E-state index in [1.165, 1.54) is 12.3 Å². The Morgan fingerprint density at radius 1 is 1.04 bits per heavy atom. The van der Waals surface area contributed by atoms with Crippen molar-refractivity contribution in [3.05, 3.63) is 64.3 Å². The monoisotopic (exact) mass is 374 g/mol. The molecule has 3 rings (SSSR count). The molecule has 0 saturated carbocycles. The van der Waals surface area contributed by atoms with Gasteiger partial charge >= 0.3 is 11.8 Å². The second kappa shape index (κ2) is 7.38. The molecule has 0 fully saturated rings. The number of nitrogens with one attached hydrogen (secondary N) is 3. The van der Waals surface area contributed by atoms with Crippen molar-refractivity contribution < 1.29 is 9.59 Å². The van der Waals surface area contributed by atoms with E-state index in [4.69, 9.17) is 23.2 Å². The number of fused-ring (bicyclic) bond motifs is 1. The lowest BCUT2D eigenvalue weighted by atomic mass is 10.2. The van der Waals surface area contributed by atoms with Crippen LogP contribution in [-0.4, -0.2) is 23.0 Å². The molecule has 0 spiro atoms. The van der Waals surface area contributed by atoms with Gasteiger partial charge in [-0.15, -0.1) is 0 Å². The molecule has 0 bridgehead atoms. The van der Waals surface area contributed by atoms with E-state index in [-0.39, 0.29) is 15.7 Å². The Hall–Kier alpha value is -2.83. The first-order chi connectivity index (χ1) is 12.1. The fraction of sp³-hybridized carbons (Fsp3) is 0. The molecular weight excluding hydrogens is 363 g/mol. The number of H-pyrrole nitrogens is 1. The summed E-state index contributed by atoms with van der Waals surface area (Å²) < 4.78 is 0. The van der Waals surface area contributed by atoms with Gasteiger partial charge in [0.2, 0.25) is 0 Å². The van der Waals surface area contributed by atoms with Crippen molar-refractivity contribution in [2.45, 2.75) is 0 Å². The number of anilines is 1. The van der Waals surface area contributed by atoms with Gasteiger partial charge in [-0.3, -0.25) is 9.59 Å². The highest BCUT2D eigenvalue weighted by Crippen LogP contribution is 2.29. The number of aromatic nitrogens is 1. The molecule has 126 valence electrons. The van der Waals surface area contributed by atoms with Crippen LogP contribution in [-0.2, 0) is 9.59 Å². The van der Waals surface area contributed by atoms with Crippen LogP contribution in [0.5, 0.6) is 0 Å². The molecule has 0 aliphatic carbocycles. The van der Waals surface area contributed by atoms with Crippen molar-refractivity contribution in [1.29, 1.82) is 0 Å². The summed E-state index contributed by atoms with van der Waals surface area (Å²) in [7, 11) is 0. The number of nitrogens with zero attached hydrogens (tertiary/aromatic N) is 1. The average molecular weight is 375 g/mol. The summed E-state index contributed by atoms with van der Waals surface area (Å²) in [6.07, 6.45) is 3.21. The molecule has 0 aliphatic rings. The quantitative estimate of drug-likeness (QED) is 0.371. The van der Waals surface area contributed by atoms with Crippen LogP contribution in [0.2, 0.25) is 10.0 Å². The van der Waals surface area contributed by atoms with Crippen LogP contribution in [0.3, 0.4) is 0 Å². The third-order valence-corrected chi connectivity index (χ3v) is 4.22. The molecule has 25 heavy (non-hydrogen) atoms. The topological polar surface area (TPSA) is 86.3 Å². The maximum absolute atomic E-state index is 11.9. The number of hydrogen-bond acceptors (Lipinski definition) is 3. The fourth-order valence-electron chi connectivity index (χ4n) is 2.19. The predicted octanol–water partition coefficient (Wildman–Crippen LogP) is 3.56. The van der Waals surface area contributed by atoms with Gasteiger partial charge in [0, 0.05) is 22.7 Å². The molecule has 1 aromatic heterocycles. The molecule has 0 unspecified atom stereocenters. The molecule has 2 amide bonds. The maximum Gasteiger partial charge on any atom is 0.329 e. The number of benzene rings is 2. The van der Waals surface area contributed by atoms with Crippen LogP contribution in [0.15, 0.2) is 53.8 Å². The van der Waals surface area contributed by atoms with Gasteiger partial charge in [-0.05, 0) is 18.2 Å². The van der Waals surface area contributed by atoms with Crippen molar-refractivity contribution in [1.82, 2.24) is 10.4 Å². The number of para-hydroxylation sites is 1. The molecule has 0 radical (unpaired) electrons. The van der Waals surface area contributed by atoms with E-state index < -0.39 is 11.8 Å². The van der Waals surface area contributed by atoms with Crippen LogP contribution in [0.25, 0.3) is 10.9 Å². The van der Waals surface area contributed by atoms with Crippen molar-refractivity contribution in [3.63, 3.8) is 0 Å². The smallest absolute Gasteiger partial charge is 0.329 e. The van der Waals surface area contributed by atoms with Crippen LogP contribution in [0, 0.1) is 0 Å². The van der Waals surface area contributed by atoms with E-state index >= 15 is 0 Å². The van der Waals surface area contributed by atoms with E-state index in [0.717, 1.165) is 16.5 Å². The van der Waals surface area contributed by atoms with Crippen LogP contribution in [0.4, 0.5) is 5.69 Å². The maximum atomic E-state index is 11.9. The average Bonchev–Trinajstić information content (AvgIpc) is 3.02. The molecule has 2 aromatic carbocycles. The van der Waals surface area contributed by atoms with Gasteiger partial charge in [-0.25, -0.2) is 5.43 Å². The number of aromatic amines is 1. The third-order valence-electron chi connectivity index (χ3n) is 3.40. The van der Waals surface area contributed by atoms with Crippen molar-refractivity contribution in [2.75, 3.05) is 5.32 Å². The molecule has 3 N–H and O–H groups in total. The molecule has 6 nitrogen and oxygen atoms in total. The standard InChI is InChI=1S/C17H12Cl2N4O2/c18-12-5-3-7-14(15(12)19)22-16(24)17(25)23-21-9-10-8-20-13-6-2-1-4-11(10)13/h1-9,20H,(H,22,24)(H,23,25)/b21-9-. The summed E-state index contributed by atoms with van der Waals surface area (Å²) in [4.78, 5) is 26.8. The van der Waals surface area contributed by atoms with Crippen LogP contribution >= 0.6 is 23.2 Å². The Labute approximate surface area is 152 Å². The summed E-state index contributed by atoms with van der Waals surface area (Å²) >= 11 is 11.8. The normalized spacial score (nSPS) is 11.0. The highest BCUT2D eigenvalue weighted by molar-refractivity contribution is 6.45. The number of halogens is 2. The number of hydrogen-bond donors (Lipinski definition) is 3. The zero-order valence-corrected chi connectivity index (χ0v) is 14.2. The highest BCUT2D eigenvalue weighted by Gasteiger charge is 2.15. The zero-order chi connectivity index (χ0) is 17.8. The molecular formula is C17H12Cl2N4O2. The lowest BCUT2D eigenvalue weighted by molar-refractivity contribution is -0.136. The Balaban J connectivity index is 1.64. The van der Waals surface area contributed by atoms with E-state index in [9.17, 15) is 9.59 Å². The number of amides is 2. The Kier molecular flexibility index (Phi) is 5.02. The van der Waals surface area contributed by atoms with Gasteiger partial charge in [0.15, 0.2) is 0 Å². The van der Waals surface area contributed by atoms with E-state index in [2.05, 4.69) is 20.8 Å². The minimum atomic E-state index is -0.924. The molecule has 8 heteroatoms. The second-order valence-corrected chi connectivity index (χ2v) is 5.83. The van der Waals surface area contributed by atoms with Crippen molar-refractivity contribution in [3.8, 4) is 0 Å². The second-order valence-electron chi connectivity index (χ2n) is 5.04. The van der Waals surface area contributed by atoms with Crippen LogP contribution < -0.4 is 10.7 Å². The van der Waals surface area contributed by atoms with Gasteiger partial charge in [-0.1, -0.05) is 47.5 Å². The lowest BCUT2D eigenvalue weighted by Crippen LogP contribution is -2.32. The van der Waals surface area contributed by atoms with Crippen LogP contribution in [0.1, 0.15) is 5.56 Å². The van der Waals surface area contributed by atoms with Crippen molar-refractivity contribution >= 4 is 57.8 Å². The summed E-state index contributed by atoms with van der Waals surface area (Å²) in [6, 6.07) is 12.4. The number of carbonyl (C=O) groups excluding carboxylic acids is 2. The third kappa shape index (κ3) is 3.81. The summed E-state index contributed by atoms with van der Waals surface area (Å²) in [5, 5.41) is 7.57. The predicted molar refractivity (Wildman–Crippen MR) is 99.1 cm³/mol. The minimum absolute atomic E-state index is 0.160. The molecule has 0 atom stereocenters. The SMILES string of the molecule is O=C(N/N=C\c1c[nH]c2ccccc12)C(=O)Nc1cccc(Cl)c1Cl. The molecule has 1 heterocycles. The Morgan fingerprint density at radius 3 is 2.68 bits per heavy atom. The summed E-state index contributed by atoms with van der Waals surface area (Å²) in [5.74, 6) is -1.83. The first-order valence-corrected chi connectivity index (χ1v) is 7.96. The number of rotatable bonds is 3. The van der Waals surface area contributed by atoms with Gasteiger partial charge in [0.1, 0.15) is 0 Å². The van der Waals surface area contributed by atoms with E-state index in [0.29, 0.717) is 0 Å². The van der Waals surface area contributed by atoms with E-state index in [1.54, 1.807) is 18.3 Å².